The molecule has 2 amide bonds. The number of carbonyl (C=O) groups excluding carboxylic acids is 2. The van der Waals surface area contributed by atoms with Crippen molar-refractivity contribution in [1.29, 1.82) is 0 Å². The lowest BCUT2D eigenvalue weighted by molar-refractivity contribution is -0.0179. The van der Waals surface area contributed by atoms with Crippen LogP contribution >= 0.6 is 0 Å². The maximum absolute atomic E-state index is 12.7. The number of nitrogens with zero attached hydrogens (tertiary/aromatic N) is 1. The van der Waals surface area contributed by atoms with Gasteiger partial charge in [-0.1, -0.05) is 18.6 Å². The molecule has 1 aliphatic heterocycles. The molecule has 4 nitrogen and oxygen atoms in total. The van der Waals surface area contributed by atoms with Crippen LogP contribution in [0.3, 0.4) is 0 Å². The van der Waals surface area contributed by atoms with Crippen molar-refractivity contribution in [3.63, 3.8) is 0 Å². The van der Waals surface area contributed by atoms with Gasteiger partial charge in [-0.2, -0.15) is 0 Å². The van der Waals surface area contributed by atoms with E-state index in [9.17, 15) is 14.0 Å². The van der Waals surface area contributed by atoms with Crippen molar-refractivity contribution in [2.24, 2.45) is 0 Å². The summed E-state index contributed by atoms with van der Waals surface area (Å²) in [6.07, 6.45) is 4.31. The lowest BCUT2D eigenvalue weighted by atomic mass is 9.86. The van der Waals surface area contributed by atoms with Crippen molar-refractivity contribution >= 4 is 12.0 Å². The second kappa shape index (κ2) is 5.71. The topological polar surface area (TPSA) is 46.6 Å². The summed E-state index contributed by atoms with van der Waals surface area (Å²) >= 11 is 0. The lowest BCUT2D eigenvalue weighted by Gasteiger charge is -2.34. The zero-order chi connectivity index (χ0) is 15.7. The van der Waals surface area contributed by atoms with Crippen molar-refractivity contribution in [2.45, 2.75) is 57.8 Å². The molecule has 1 heterocycles. The molecule has 1 fully saturated rings. The predicted molar refractivity (Wildman–Crippen MR) is 79.1 cm³/mol. The van der Waals surface area contributed by atoms with Crippen molar-refractivity contribution in [1.82, 2.24) is 4.90 Å². The Kier molecular flexibility index (Phi) is 3.89. The van der Waals surface area contributed by atoms with Crippen LogP contribution in [0.2, 0.25) is 0 Å². The van der Waals surface area contributed by atoms with Crippen LogP contribution in [-0.4, -0.2) is 22.5 Å². The van der Waals surface area contributed by atoms with Crippen LogP contribution in [0.1, 0.15) is 60.5 Å². The fraction of sp³-hybridized carbons (Fsp3) is 0.529. The lowest BCUT2D eigenvalue weighted by Crippen LogP contribution is -2.40. The number of halogens is 1. The number of alkyl halides is 1. The number of imide groups is 1. The molecule has 0 radical (unpaired) electrons. The Balaban J connectivity index is 1.73. The smallest absolute Gasteiger partial charge is 0.417 e. The Hall–Kier alpha value is -1.91. The van der Waals surface area contributed by atoms with Crippen LogP contribution in [0.5, 0.6) is 0 Å². The Labute approximate surface area is 129 Å². The van der Waals surface area contributed by atoms with Crippen LogP contribution in [0.25, 0.3) is 0 Å². The van der Waals surface area contributed by atoms with Gasteiger partial charge in [-0.3, -0.25) is 4.79 Å². The number of amides is 2. The van der Waals surface area contributed by atoms with E-state index in [-0.39, 0.29) is 6.54 Å². The first-order valence-electron chi connectivity index (χ1n) is 7.75. The third-order valence-corrected chi connectivity index (χ3v) is 4.60. The first-order valence-corrected chi connectivity index (χ1v) is 7.75. The molecule has 5 heteroatoms. The summed E-state index contributed by atoms with van der Waals surface area (Å²) < 4.78 is 18.3. The second-order valence-electron chi connectivity index (χ2n) is 6.39. The molecular weight excluding hydrogens is 285 g/mol. The van der Waals surface area contributed by atoms with Crippen molar-refractivity contribution < 1.29 is 18.7 Å². The Morgan fingerprint density at radius 3 is 2.73 bits per heavy atom. The number of rotatable bonds is 2. The molecular formula is C17H20FNO3. The monoisotopic (exact) mass is 305 g/mol. The highest BCUT2D eigenvalue weighted by molar-refractivity contribution is 6.06. The van der Waals surface area contributed by atoms with Gasteiger partial charge in [0, 0.05) is 5.56 Å². The van der Waals surface area contributed by atoms with Gasteiger partial charge in [-0.15, -0.1) is 0 Å². The highest BCUT2D eigenvalue weighted by Gasteiger charge is 2.38. The average molecular weight is 305 g/mol. The zero-order valence-electron chi connectivity index (χ0n) is 12.7. The number of ether oxygens (including phenoxy) is 1. The van der Waals surface area contributed by atoms with E-state index in [0.29, 0.717) is 11.1 Å². The molecule has 1 saturated carbocycles. The van der Waals surface area contributed by atoms with Gasteiger partial charge in [0.15, 0.2) is 0 Å². The normalized spacial score (nSPS) is 19.9. The van der Waals surface area contributed by atoms with Crippen LogP contribution in [0.4, 0.5) is 9.18 Å². The van der Waals surface area contributed by atoms with Crippen molar-refractivity contribution in [3.05, 3.63) is 34.9 Å². The minimum Gasteiger partial charge on any atom is -0.443 e. The van der Waals surface area contributed by atoms with Crippen molar-refractivity contribution in [3.8, 4) is 0 Å². The van der Waals surface area contributed by atoms with E-state index in [4.69, 9.17) is 4.74 Å². The highest BCUT2D eigenvalue weighted by Crippen LogP contribution is 2.33. The van der Waals surface area contributed by atoms with Crippen LogP contribution in [0.15, 0.2) is 18.2 Å². The van der Waals surface area contributed by atoms with Crippen LogP contribution in [-0.2, 0) is 18.0 Å². The molecule has 0 saturated heterocycles. The molecule has 0 aromatic heterocycles. The SMILES string of the molecule is CC1(OC(=O)N2Cc3ccc(CF)cc3C2=O)CCCCC1. The minimum atomic E-state index is -0.622. The molecule has 0 atom stereocenters. The Bertz CT molecular complexity index is 608. The summed E-state index contributed by atoms with van der Waals surface area (Å²) in [4.78, 5) is 25.8. The predicted octanol–water partition coefficient (Wildman–Crippen LogP) is 3.97. The molecule has 0 spiro atoms. The van der Waals surface area contributed by atoms with Gasteiger partial charge in [0.1, 0.15) is 12.3 Å². The van der Waals surface area contributed by atoms with E-state index in [1.54, 1.807) is 12.1 Å². The standard InChI is InChI=1S/C17H20FNO3/c1-17(7-3-2-4-8-17)22-16(21)19-11-13-6-5-12(10-18)9-14(13)15(19)20/h5-6,9H,2-4,7-8,10-11H2,1H3. The molecule has 0 bridgehead atoms. The van der Waals surface area contributed by atoms with Gasteiger partial charge in [0.25, 0.3) is 5.91 Å². The summed E-state index contributed by atoms with van der Waals surface area (Å²) in [5.41, 5.74) is 1.12. The van der Waals surface area contributed by atoms with E-state index in [1.807, 2.05) is 6.92 Å². The average Bonchev–Trinajstić information content (AvgIpc) is 2.84. The van der Waals surface area contributed by atoms with Gasteiger partial charge >= 0.3 is 6.09 Å². The third kappa shape index (κ3) is 2.72. The third-order valence-electron chi connectivity index (χ3n) is 4.60. The van der Waals surface area contributed by atoms with E-state index in [0.717, 1.165) is 42.6 Å². The second-order valence-corrected chi connectivity index (χ2v) is 6.39. The fourth-order valence-corrected chi connectivity index (χ4v) is 3.25. The number of fused-ring (bicyclic) bond motifs is 1. The summed E-state index contributed by atoms with van der Waals surface area (Å²) in [6, 6.07) is 4.87. The van der Waals surface area contributed by atoms with Gasteiger partial charge in [-0.05, 0) is 49.8 Å². The van der Waals surface area contributed by atoms with E-state index in [2.05, 4.69) is 0 Å². The Morgan fingerprint density at radius 2 is 2.05 bits per heavy atom. The van der Waals surface area contributed by atoms with Crippen molar-refractivity contribution in [2.75, 3.05) is 0 Å². The van der Waals surface area contributed by atoms with Gasteiger partial charge in [-0.25, -0.2) is 14.1 Å². The maximum Gasteiger partial charge on any atom is 0.417 e. The van der Waals surface area contributed by atoms with Gasteiger partial charge in [0.2, 0.25) is 0 Å². The molecule has 3 rings (SSSR count). The number of hydrogen-bond acceptors (Lipinski definition) is 3. The van der Waals surface area contributed by atoms with E-state index < -0.39 is 24.3 Å². The highest BCUT2D eigenvalue weighted by atomic mass is 19.1. The summed E-state index contributed by atoms with van der Waals surface area (Å²) in [7, 11) is 0. The fourth-order valence-electron chi connectivity index (χ4n) is 3.25. The number of benzene rings is 1. The van der Waals surface area contributed by atoms with Crippen LogP contribution in [0, 0.1) is 0 Å². The molecule has 0 unspecified atom stereocenters. The molecule has 1 aliphatic carbocycles. The first-order chi connectivity index (χ1) is 10.5. The largest absolute Gasteiger partial charge is 0.443 e. The zero-order valence-corrected chi connectivity index (χ0v) is 12.7. The summed E-state index contributed by atoms with van der Waals surface area (Å²) in [5, 5.41) is 0. The van der Waals surface area contributed by atoms with Crippen LogP contribution < -0.4 is 0 Å². The first kappa shape index (κ1) is 15.0. The maximum atomic E-state index is 12.7. The van der Waals surface area contributed by atoms with E-state index >= 15 is 0 Å². The molecule has 1 aromatic rings. The Morgan fingerprint density at radius 1 is 1.32 bits per heavy atom. The molecule has 0 N–H and O–H groups in total. The summed E-state index contributed by atoms with van der Waals surface area (Å²) in [5.74, 6) is -0.394. The minimum absolute atomic E-state index is 0.204. The molecule has 1 aromatic carbocycles. The van der Waals surface area contributed by atoms with E-state index in [1.165, 1.54) is 6.07 Å². The molecule has 22 heavy (non-hydrogen) atoms. The quantitative estimate of drug-likeness (QED) is 0.830. The summed E-state index contributed by atoms with van der Waals surface area (Å²) in [6.45, 7) is 1.51. The molecule has 2 aliphatic rings. The molecule has 118 valence electrons. The number of carbonyl (C=O) groups is 2. The van der Waals surface area contributed by atoms with Gasteiger partial charge < -0.3 is 4.74 Å². The number of hydrogen-bond donors (Lipinski definition) is 0. The van der Waals surface area contributed by atoms with Gasteiger partial charge in [0.05, 0.1) is 6.54 Å².